The van der Waals surface area contributed by atoms with Crippen LogP contribution in [-0.2, 0) is 14.4 Å². The molecule has 7 nitrogen and oxygen atoms in total. The van der Waals surface area contributed by atoms with Crippen molar-refractivity contribution in [3.05, 3.63) is 95.1 Å². The van der Waals surface area contributed by atoms with Crippen LogP contribution in [0.25, 0.3) is 6.08 Å². The molecule has 198 valence electrons. The molecule has 4 atom stereocenters. The highest BCUT2D eigenvalue weighted by atomic mass is 35.5. The lowest BCUT2D eigenvalue weighted by atomic mass is 9.84. The van der Waals surface area contributed by atoms with Gasteiger partial charge in [-0.25, -0.2) is 4.90 Å². The van der Waals surface area contributed by atoms with Crippen molar-refractivity contribution in [3.63, 3.8) is 0 Å². The van der Waals surface area contributed by atoms with Crippen LogP contribution in [0.15, 0.2) is 79.0 Å². The van der Waals surface area contributed by atoms with Crippen LogP contribution in [0.5, 0.6) is 5.75 Å². The number of halogens is 1. The predicted octanol–water partition coefficient (Wildman–Crippen LogP) is 5.67. The smallest absolute Gasteiger partial charge is 0.247 e. The minimum absolute atomic E-state index is 0.299. The van der Waals surface area contributed by atoms with Crippen molar-refractivity contribution >= 4 is 46.8 Å². The normalized spacial score (nSPS) is 22.9. The average molecular weight is 542 g/mol. The van der Waals surface area contributed by atoms with Gasteiger partial charge in [0.1, 0.15) is 11.8 Å². The molecule has 3 aromatic rings. The van der Waals surface area contributed by atoms with Crippen molar-refractivity contribution < 1.29 is 19.1 Å². The van der Waals surface area contributed by atoms with Gasteiger partial charge in [0.05, 0.1) is 30.2 Å². The van der Waals surface area contributed by atoms with E-state index in [4.69, 9.17) is 16.3 Å². The van der Waals surface area contributed by atoms with Crippen LogP contribution < -0.4 is 15.0 Å². The number of hydrogen-bond acceptors (Lipinski definition) is 5. The maximum Gasteiger partial charge on any atom is 0.247 e. The maximum absolute atomic E-state index is 14.0. The van der Waals surface area contributed by atoms with E-state index in [1.807, 2.05) is 41.4 Å². The Labute approximate surface area is 232 Å². The van der Waals surface area contributed by atoms with Gasteiger partial charge >= 0.3 is 0 Å². The summed E-state index contributed by atoms with van der Waals surface area (Å²) in [5, 5.41) is 3.49. The van der Waals surface area contributed by atoms with Crippen LogP contribution in [0.3, 0.4) is 0 Å². The molecule has 0 aromatic heterocycles. The van der Waals surface area contributed by atoms with E-state index in [2.05, 4.69) is 12.2 Å². The molecule has 0 aliphatic carbocycles. The van der Waals surface area contributed by atoms with E-state index in [1.54, 1.807) is 48.5 Å². The molecule has 2 fully saturated rings. The summed E-state index contributed by atoms with van der Waals surface area (Å²) in [7, 11) is 0. The number of hydrogen-bond donors (Lipinski definition) is 1. The van der Waals surface area contributed by atoms with Crippen molar-refractivity contribution in [3.8, 4) is 5.75 Å². The number of carbonyl (C=O) groups is 3. The Kier molecular flexibility index (Phi) is 6.61. The lowest BCUT2D eigenvalue weighted by Crippen LogP contribution is -2.46. The highest BCUT2D eigenvalue weighted by Crippen LogP contribution is 2.53. The van der Waals surface area contributed by atoms with Gasteiger partial charge in [-0.1, -0.05) is 49.2 Å². The first-order valence-corrected chi connectivity index (χ1v) is 13.6. The summed E-state index contributed by atoms with van der Waals surface area (Å²) >= 11 is 6.01. The molecule has 3 heterocycles. The minimum Gasteiger partial charge on any atom is -0.494 e. The van der Waals surface area contributed by atoms with Crippen LogP contribution in [0.2, 0.25) is 5.02 Å². The maximum atomic E-state index is 14.0. The van der Waals surface area contributed by atoms with Crippen LogP contribution in [-0.4, -0.2) is 35.3 Å². The van der Waals surface area contributed by atoms with Crippen LogP contribution in [0, 0.1) is 11.8 Å². The van der Waals surface area contributed by atoms with E-state index >= 15 is 0 Å². The van der Waals surface area contributed by atoms with Gasteiger partial charge in [-0.05, 0) is 72.2 Å². The monoisotopic (exact) mass is 541 g/mol. The number of nitrogens with one attached hydrogen (secondary N) is 1. The first-order valence-electron chi connectivity index (χ1n) is 13.2. The highest BCUT2D eigenvalue weighted by Gasteiger charge is 2.64. The van der Waals surface area contributed by atoms with E-state index in [0.29, 0.717) is 28.8 Å². The Morgan fingerprint density at radius 2 is 1.67 bits per heavy atom. The fourth-order valence-electron chi connectivity index (χ4n) is 5.89. The number of benzene rings is 3. The second kappa shape index (κ2) is 10.2. The first-order chi connectivity index (χ1) is 19.0. The molecule has 0 saturated carbocycles. The van der Waals surface area contributed by atoms with Gasteiger partial charge in [0.2, 0.25) is 17.7 Å². The van der Waals surface area contributed by atoms with Gasteiger partial charge in [0.15, 0.2) is 0 Å². The Hall–Kier alpha value is -4.10. The summed E-state index contributed by atoms with van der Waals surface area (Å²) in [6, 6.07) is 20.3. The van der Waals surface area contributed by atoms with Gasteiger partial charge in [0.25, 0.3) is 0 Å². The van der Waals surface area contributed by atoms with E-state index < -0.39 is 23.9 Å². The van der Waals surface area contributed by atoms with E-state index in [-0.39, 0.29) is 17.7 Å². The van der Waals surface area contributed by atoms with Gasteiger partial charge in [0, 0.05) is 16.9 Å². The first kappa shape index (κ1) is 25.2. The molecule has 2 saturated heterocycles. The standard InChI is InChI=1S/C31H28ClN3O4/c1-2-3-18-39-23-14-12-22(13-15-23)35-30(37)25-26(31(35)38)28(29(36)33-21-10-8-20(32)9-11-21)34-17-16-19-6-4-5-7-24(19)27(25)34/h4-17,25-28H,2-3,18H2,1H3,(H,33,36)/t25-,26+,27-,28-/m0/s1. The molecule has 0 radical (unpaired) electrons. The molecule has 39 heavy (non-hydrogen) atoms. The SMILES string of the molecule is CCCCOc1ccc(N2C(=O)[C@@H]3[C@H](C2=O)[C@@H]2c4ccccc4C=CN2[C@@H]3C(=O)Nc2ccc(Cl)cc2)cc1. The Morgan fingerprint density at radius 1 is 0.949 bits per heavy atom. The summed E-state index contributed by atoms with van der Waals surface area (Å²) < 4.78 is 5.75. The Balaban J connectivity index is 1.35. The highest BCUT2D eigenvalue weighted by molar-refractivity contribution is 6.30. The predicted molar refractivity (Wildman–Crippen MR) is 150 cm³/mol. The number of fused-ring (bicyclic) bond motifs is 5. The molecule has 3 aliphatic rings. The number of carbonyl (C=O) groups excluding carboxylic acids is 3. The molecule has 3 aliphatic heterocycles. The molecule has 3 amide bonds. The van der Waals surface area contributed by atoms with Gasteiger partial charge < -0.3 is 15.0 Å². The summed E-state index contributed by atoms with van der Waals surface area (Å²) in [5.74, 6) is -1.88. The molecule has 8 heteroatoms. The van der Waals surface area contributed by atoms with Crippen molar-refractivity contribution in [1.29, 1.82) is 0 Å². The van der Waals surface area contributed by atoms with Crippen molar-refractivity contribution in [1.82, 2.24) is 4.90 Å². The number of ether oxygens (including phenoxy) is 1. The van der Waals surface area contributed by atoms with Crippen molar-refractivity contribution in [2.24, 2.45) is 11.8 Å². The van der Waals surface area contributed by atoms with Crippen LogP contribution >= 0.6 is 11.6 Å². The number of anilines is 2. The zero-order chi connectivity index (χ0) is 27.1. The van der Waals surface area contributed by atoms with E-state index in [1.165, 1.54) is 4.90 Å². The van der Waals surface area contributed by atoms with Gasteiger partial charge in [-0.3, -0.25) is 14.4 Å². The Morgan fingerprint density at radius 3 is 2.41 bits per heavy atom. The lowest BCUT2D eigenvalue weighted by molar-refractivity contribution is -0.128. The van der Waals surface area contributed by atoms with Crippen molar-refractivity contribution in [2.45, 2.75) is 31.8 Å². The van der Waals surface area contributed by atoms with Gasteiger partial charge in [-0.15, -0.1) is 0 Å². The van der Waals surface area contributed by atoms with Gasteiger partial charge in [-0.2, -0.15) is 0 Å². The second-order valence-electron chi connectivity index (χ2n) is 10.0. The summed E-state index contributed by atoms with van der Waals surface area (Å²) in [6.45, 7) is 2.70. The van der Waals surface area contributed by atoms with Crippen LogP contribution in [0.4, 0.5) is 11.4 Å². The number of amides is 3. The number of unbranched alkanes of at least 4 members (excludes halogenated alkanes) is 1. The van der Waals surface area contributed by atoms with Crippen LogP contribution in [0.1, 0.15) is 36.9 Å². The van der Waals surface area contributed by atoms with E-state index in [9.17, 15) is 14.4 Å². The molecule has 0 spiro atoms. The lowest BCUT2D eigenvalue weighted by Gasteiger charge is -2.35. The third-order valence-corrected chi connectivity index (χ3v) is 7.96. The number of nitrogens with zero attached hydrogens (tertiary/aromatic N) is 2. The summed E-state index contributed by atoms with van der Waals surface area (Å²) in [5.41, 5.74) is 2.95. The average Bonchev–Trinajstić information content (AvgIpc) is 3.43. The molecule has 0 unspecified atom stereocenters. The quantitative estimate of drug-likeness (QED) is 0.308. The molecule has 3 aromatic carbocycles. The zero-order valence-electron chi connectivity index (χ0n) is 21.4. The molecular formula is C31H28ClN3O4. The number of imide groups is 1. The molecule has 6 rings (SSSR count). The molecule has 0 bridgehead atoms. The molecular weight excluding hydrogens is 514 g/mol. The summed E-state index contributed by atoms with van der Waals surface area (Å²) in [6.07, 6.45) is 5.74. The fourth-order valence-corrected chi connectivity index (χ4v) is 6.01. The molecule has 1 N–H and O–H groups in total. The summed E-state index contributed by atoms with van der Waals surface area (Å²) in [4.78, 5) is 44.9. The minimum atomic E-state index is -0.863. The zero-order valence-corrected chi connectivity index (χ0v) is 22.2. The second-order valence-corrected chi connectivity index (χ2v) is 10.5. The van der Waals surface area contributed by atoms with Crippen molar-refractivity contribution in [2.75, 3.05) is 16.8 Å². The third kappa shape index (κ3) is 4.36. The Bertz CT molecular complexity index is 1450. The largest absolute Gasteiger partial charge is 0.494 e. The third-order valence-electron chi connectivity index (χ3n) is 7.70. The van der Waals surface area contributed by atoms with E-state index in [0.717, 1.165) is 24.0 Å². The number of rotatable bonds is 7. The fraction of sp³-hybridized carbons (Fsp3) is 0.258. The topological polar surface area (TPSA) is 79.0 Å².